The Bertz CT molecular complexity index is 1640. The highest BCUT2D eigenvalue weighted by atomic mass is 32.2. The van der Waals surface area contributed by atoms with Crippen LogP contribution >= 0.6 is 0 Å². The highest BCUT2D eigenvalue weighted by molar-refractivity contribution is 7.89. The van der Waals surface area contributed by atoms with Gasteiger partial charge in [-0.25, -0.2) is 16.8 Å². The van der Waals surface area contributed by atoms with Crippen molar-refractivity contribution in [3.05, 3.63) is 144 Å². The van der Waals surface area contributed by atoms with Gasteiger partial charge in [-0.2, -0.15) is 13.9 Å². The lowest BCUT2D eigenvalue weighted by molar-refractivity contribution is -0.115. The number of hydrogen-bond donors (Lipinski definition) is 1. The van der Waals surface area contributed by atoms with E-state index in [9.17, 15) is 21.6 Å². The van der Waals surface area contributed by atoms with Crippen LogP contribution in [0.25, 0.3) is 0 Å². The summed E-state index contributed by atoms with van der Waals surface area (Å²) in [5.74, 6) is -2.11. The first kappa shape index (κ1) is 33.2. The topological polar surface area (TPSA) is 142 Å². The molecule has 11 heteroatoms. The van der Waals surface area contributed by atoms with Crippen LogP contribution in [0.2, 0.25) is 0 Å². The second kappa shape index (κ2) is 15.2. The Balaban J connectivity index is 0.000000236. The van der Waals surface area contributed by atoms with Crippen molar-refractivity contribution in [1.82, 2.24) is 8.61 Å². The third-order valence-electron chi connectivity index (χ3n) is 6.64. The summed E-state index contributed by atoms with van der Waals surface area (Å²) < 4.78 is 51.6. The molecule has 0 unspecified atom stereocenters. The van der Waals surface area contributed by atoms with Crippen LogP contribution in [-0.2, 0) is 24.8 Å². The van der Waals surface area contributed by atoms with Crippen LogP contribution in [0, 0.1) is 11.3 Å². The molecule has 0 saturated heterocycles. The van der Waals surface area contributed by atoms with E-state index in [4.69, 9.17) is 11.0 Å². The Hall–Kier alpha value is -4.34. The van der Waals surface area contributed by atoms with Gasteiger partial charge in [0.25, 0.3) is 0 Å². The van der Waals surface area contributed by atoms with Gasteiger partial charge in [0.1, 0.15) is 5.75 Å². The molecule has 0 heterocycles. The Morgan fingerprint density at radius 2 is 0.907 bits per heavy atom. The first-order chi connectivity index (χ1) is 20.5. The van der Waals surface area contributed by atoms with Crippen molar-refractivity contribution in [3.63, 3.8) is 0 Å². The summed E-state index contributed by atoms with van der Waals surface area (Å²) in [4.78, 5) is 11.0. The average molecular weight is 619 g/mol. The number of benzene rings is 4. The van der Waals surface area contributed by atoms with Gasteiger partial charge in [0.15, 0.2) is 5.75 Å². The van der Waals surface area contributed by atoms with Crippen molar-refractivity contribution in [2.75, 3.05) is 25.6 Å². The summed E-state index contributed by atoms with van der Waals surface area (Å²) in [6, 6.07) is 38.1. The molecule has 2 N–H and O–H groups in total. The molecule has 4 aromatic rings. The molecule has 0 radical (unpaired) electrons. The van der Waals surface area contributed by atoms with Gasteiger partial charge in [-0.05, 0) is 22.3 Å². The molecule has 0 aliphatic carbocycles. The van der Waals surface area contributed by atoms with E-state index in [1.54, 1.807) is 6.07 Å². The fourth-order valence-corrected chi connectivity index (χ4v) is 6.61. The largest absolute Gasteiger partial charge is 0.369 e. The standard InChI is InChI=1S/C16H18N2O3S.C16H16N2O2S/c1-18(22(20,21)12-15(17)19)16(13-8-4-2-5-9-13)14-10-6-3-7-11-14;1-18(21(19,20)13-12-17)16(14-8-4-2-5-9-14)15-10-6-3-7-11-15/h2-11,16H,12H2,1H3,(H2,17,19);2-11,16H,13H2,1H3. The molecule has 0 aliphatic heterocycles. The fourth-order valence-electron chi connectivity index (χ4n) is 4.55. The van der Waals surface area contributed by atoms with Gasteiger partial charge >= 0.3 is 0 Å². The van der Waals surface area contributed by atoms with Crippen molar-refractivity contribution in [3.8, 4) is 6.07 Å². The van der Waals surface area contributed by atoms with Gasteiger partial charge in [-0.15, -0.1) is 0 Å². The number of sulfonamides is 2. The minimum absolute atomic E-state index is 0.439. The van der Waals surface area contributed by atoms with E-state index < -0.39 is 49.5 Å². The number of hydrogen-bond acceptors (Lipinski definition) is 6. The van der Waals surface area contributed by atoms with E-state index in [1.807, 2.05) is 121 Å². The van der Waals surface area contributed by atoms with Crippen LogP contribution in [-0.4, -0.2) is 57.0 Å². The Morgan fingerprint density at radius 3 is 1.16 bits per heavy atom. The Kier molecular flexibility index (Phi) is 11.7. The van der Waals surface area contributed by atoms with Crippen LogP contribution in [0.15, 0.2) is 121 Å². The zero-order valence-corrected chi connectivity index (χ0v) is 25.5. The van der Waals surface area contributed by atoms with E-state index in [1.165, 1.54) is 22.7 Å². The Labute approximate surface area is 253 Å². The predicted molar refractivity (Wildman–Crippen MR) is 167 cm³/mol. The number of carbonyl (C=O) groups excluding carboxylic acids is 1. The van der Waals surface area contributed by atoms with Gasteiger partial charge in [0, 0.05) is 14.1 Å². The van der Waals surface area contributed by atoms with Crippen molar-refractivity contribution in [2.45, 2.75) is 12.1 Å². The first-order valence-electron chi connectivity index (χ1n) is 13.2. The van der Waals surface area contributed by atoms with Gasteiger partial charge in [0.2, 0.25) is 26.0 Å². The normalized spacial score (nSPS) is 11.7. The average Bonchev–Trinajstić information content (AvgIpc) is 2.99. The number of carbonyl (C=O) groups is 1. The molecule has 0 aliphatic rings. The van der Waals surface area contributed by atoms with E-state index >= 15 is 0 Å². The molecule has 4 aromatic carbocycles. The SMILES string of the molecule is CN(C(c1ccccc1)c1ccccc1)S(=O)(=O)CC#N.CN(C(c1ccccc1)c1ccccc1)S(=O)(=O)CC(N)=O. The van der Waals surface area contributed by atoms with E-state index in [2.05, 4.69) is 0 Å². The van der Waals surface area contributed by atoms with Crippen LogP contribution in [0.1, 0.15) is 34.3 Å². The van der Waals surface area contributed by atoms with Gasteiger partial charge in [-0.1, -0.05) is 121 Å². The van der Waals surface area contributed by atoms with Crippen LogP contribution in [0.3, 0.4) is 0 Å². The maximum Gasteiger partial charge on any atom is 0.234 e. The fraction of sp³-hybridized carbons (Fsp3) is 0.188. The van der Waals surface area contributed by atoms with E-state index in [0.717, 1.165) is 22.3 Å². The van der Waals surface area contributed by atoms with Crippen LogP contribution < -0.4 is 5.73 Å². The maximum atomic E-state index is 12.4. The summed E-state index contributed by atoms with van der Waals surface area (Å²) in [6.07, 6.45) is 0. The molecule has 4 rings (SSSR count). The summed E-state index contributed by atoms with van der Waals surface area (Å²) in [6.45, 7) is 0. The maximum absolute atomic E-state index is 12.4. The number of nitriles is 1. The zero-order valence-electron chi connectivity index (χ0n) is 23.9. The molecular weight excluding hydrogens is 585 g/mol. The van der Waals surface area contributed by atoms with Crippen LogP contribution in [0.5, 0.6) is 0 Å². The Morgan fingerprint density at radius 1 is 0.628 bits per heavy atom. The minimum Gasteiger partial charge on any atom is -0.369 e. The second-order valence-corrected chi connectivity index (χ2v) is 13.7. The lowest BCUT2D eigenvalue weighted by Crippen LogP contribution is -2.37. The van der Waals surface area contributed by atoms with Crippen molar-refractivity contribution in [2.24, 2.45) is 5.73 Å². The zero-order chi connectivity index (χ0) is 31.5. The predicted octanol–water partition coefficient (Wildman–Crippen LogP) is 4.08. The molecule has 0 fully saturated rings. The summed E-state index contributed by atoms with van der Waals surface area (Å²) >= 11 is 0. The number of nitrogens with zero attached hydrogens (tertiary/aromatic N) is 3. The summed E-state index contributed by atoms with van der Waals surface area (Å²) in [5, 5.41) is 8.72. The van der Waals surface area contributed by atoms with Crippen molar-refractivity contribution < 1.29 is 21.6 Å². The lowest BCUT2D eigenvalue weighted by atomic mass is 9.99. The summed E-state index contributed by atoms with van der Waals surface area (Å²) in [5.41, 5.74) is 8.43. The van der Waals surface area contributed by atoms with Crippen molar-refractivity contribution >= 4 is 26.0 Å². The first-order valence-corrected chi connectivity index (χ1v) is 16.5. The third kappa shape index (κ3) is 9.07. The van der Waals surface area contributed by atoms with Crippen LogP contribution in [0.4, 0.5) is 0 Å². The summed E-state index contributed by atoms with van der Waals surface area (Å²) in [7, 11) is -4.46. The van der Waals surface area contributed by atoms with Gasteiger partial charge in [-0.3, -0.25) is 4.79 Å². The monoisotopic (exact) mass is 618 g/mol. The van der Waals surface area contributed by atoms with E-state index in [0.29, 0.717) is 0 Å². The highest BCUT2D eigenvalue weighted by Gasteiger charge is 2.30. The second-order valence-electron chi connectivity index (χ2n) is 9.62. The van der Waals surface area contributed by atoms with E-state index in [-0.39, 0.29) is 0 Å². The molecule has 224 valence electrons. The molecule has 0 bridgehead atoms. The smallest absolute Gasteiger partial charge is 0.234 e. The third-order valence-corrected chi connectivity index (χ3v) is 9.96. The number of amides is 1. The van der Waals surface area contributed by atoms with Gasteiger partial charge in [0.05, 0.1) is 18.2 Å². The number of nitrogens with two attached hydrogens (primary N) is 1. The molecule has 0 atom stereocenters. The number of rotatable bonds is 11. The lowest BCUT2D eigenvalue weighted by Gasteiger charge is -2.28. The van der Waals surface area contributed by atoms with Crippen molar-refractivity contribution in [1.29, 1.82) is 5.26 Å². The molecule has 43 heavy (non-hydrogen) atoms. The molecule has 0 spiro atoms. The molecule has 1 amide bonds. The molecular formula is C32H34N4O5S2. The molecule has 0 aromatic heterocycles. The van der Waals surface area contributed by atoms with Gasteiger partial charge < -0.3 is 5.73 Å². The minimum atomic E-state index is -3.80. The highest BCUT2D eigenvalue weighted by Crippen LogP contribution is 2.30. The molecule has 9 nitrogen and oxygen atoms in total. The quantitative estimate of drug-likeness (QED) is 0.269. The molecule has 0 saturated carbocycles. The number of primary amides is 1.